The Hall–Kier alpha value is -2.63. The monoisotopic (exact) mass is 353 g/mol. The normalized spacial score (nSPS) is 10.6. The van der Waals surface area contributed by atoms with Crippen molar-refractivity contribution in [1.29, 1.82) is 0 Å². The predicted octanol–water partition coefficient (Wildman–Crippen LogP) is 3.49. The lowest BCUT2D eigenvalue weighted by Gasteiger charge is -2.11. The van der Waals surface area contributed by atoms with E-state index in [0.717, 1.165) is 34.8 Å². The zero-order valence-corrected chi connectivity index (χ0v) is 14.5. The molecule has 0 aliphatic carbocycles. The van der Waals surface area contributed by atoms with Gasteiger partial charge in [0.1, 0.15) is 5.82 Å². The van der Waals surface area contributed by atoms with Crippen molar-refractivity contribution < 1.29 is 0 Å². The molecular formula is C19H20ClN5. The molecule has 3 rings (SSSR count). The van der Waals surface area contributed by atoms with Crippen LogP contribution in [0.15, 0.2) is 54.6 Å². The van der Waals surface area contributed by atoms with E-state index in [2.05, 4.69) is 15.3 Å². The van der Waals surface area contributed by atoms with Crippen LogP contribution < -0.4 is 16.8 Å². The minimum Gasteiger partial charge on any atom is -0.370 e. The van der Waals surface area contributed by atoms with Gasteiger partial charge in [-0.1, -0.05) is 48.0 Å². The molecule has 0 saturated carbocycles. The number of nitrogens with two attached hydrogens (primary N) is 2. The predicted molar refractivity (Wildman–Crippen MR) is 103 cm³/mol. The molecule has 1 aromatic heterocycles. The van der Waals surface area contributed by atoms with Crippen molar-refractivity contribution in [1.82, 2.24) is 9.97 Å². The number of benzene rings is 2. The van der Waals surface area contributed by atoms with Crippen molar-refractivity contribution in [2.24, 2.45) is 5.73 Å². The maximum atomic E-state index is 5.90. The van der Waals surface area contributed by atoms with Crippen molar-refractivity contribution in [2.45, 2.75) is 13.0 Å². The minimum atomic E-state index is 0.235. The molecule has 3 aromatic rings. The SMILES string of the molecule is NCc1ccccc1-c1cc(NCCc2ccc(Cl)cc2)nc(N)n1. The van der Waals surface area contributed by atoms with Gasteiger partial charge in [0.05, 0.1) is 5.69 Å². The molecule has 0 aliphatic rings. The third-order valence-corrected chi connectivity index (χ3v) is 4.14. The van der Waals surface area contributed by atoms with Gasteiger partial charge in [0, 0.05) is 29.7 Å². The van der Waals surface area contributed by atoms with Crippen LogP contribution in [-0.2, 0) is 13.0 Å². The van der Waals surface area contributed by atoms with Crippen LogP contribution in [0.5, 0.6) is 0 Å². The number of nitrogens with one attached hydrogen (secondary N) is 1. The number of hydrogen-bond acceptors (Lipinski definition) is 5. The average molecular weight is 354 g/mol. The van der Waals surface area contributed by atoms with Gasteiger partial charge in [0.15, 0.2) is 0 Å². The first-order valence-corrected chi connectivity index (χ1v) is 8.45. The molecule has 0 amide bonds. The summed E-state index contributed by atoms with van der Waals surface area (Å²) < 4.78 is 0. The number of halogens is 1. The Labute approximate surface area is 152 Å². The Morgan fingerprint density at radius 3 is 2.52 bits per heavy atom. The van der Waals surface area contributed by atoms with Crippen LogP contribution >= 0.6 is 11.6 Å². The fraction of sp³-hybridized carbons (Fsp3) is 0.158. The zero-order valence-electron chi connectivity index (χ0n) is 13.7. The Morgan fingerprint density at radius 2 is 1.76 bits per heavy atom. The number of nitrogen functional groups attached to an aromatic ring is 1. The van der Waals surface area contributed by atoms with Gasteiger partial charge in [0.25, 0.3) is 0 Å². The van der Waals surface area contributed by atoms with Gasteiger partial charge in [-0.15, -0.1) is 0 Å². The summed E-state index contributed by atoms with van der Waals surface area (Å²) in [6, 6.07) is 17.6. The fourth-order valence-corrected chi connectivity index (χ4v) is 2.75. The molecule has 0 atom stereocenters. The summed E-state index contributed by atoms with van der Waals surface area (Å²) in [5.41, 5.74) is 15.7. The molecule has 0 radical (unpaired) electrons. The highest BCUT2D eigenvalue weighted by Gasteiger charge is 2.08. The van der Waals surface area contributed by atoms with E-state index in [1.165, 1.54) is 5.56 Å². The van der Waals surface area contributed by atoms with Crippen molar-refractivity contribution in [3.63, 3.8) is 0 Å². The van der Waals surface area contributed by atoms with Gasteiger partial charge in [-0.2, -0.15) is 4.98 Å². The Morgan fingerprint density at radius 1 is 1.00 bits per heavy atom. The highest BCUT2D eigenvalue weighted by Crippen LogP contribution is 2.24. The summed E-state index contributed by atoms with van der Waals surface area (Å²) in [5, 5.41) is 4.04. The van der Waals surface area contributed by atoms with Crippen LogP contribution in [-0.4, -0.2) is 16.5 Å². The van der Waals surface area contributed by atoms with E-state index in [-0.39, 0.29) is 5.95 Å². The lowest BCUT2D eigenvalue weighted by Crippen LogP contribution is -2.09. The van der Waals surface area contributed by atoms with Crippen LogP contribution in [0.2, 0.25) is 5.02 Å². The summed E-state index contributed by atoms with van der Waals surface area (Å²) >= 11 is 5.90. The Bertz CT molecular complexity index is 849. The molecule has 6 heteroatoms. The summed E-state index contributed by atoms with van der Waals surface area (Å²) in [7, 11) is 0. The van der Waals surface area contributed by atoms with E-state index >= 15 is 0 Å². The van der Waals surface area contributed by atoms with Crippen molar-refractivity contribution in [2.75, 3.05) is 17.6 Å². The zero-order chi connectivity index (χ0) is 17.6. The van der Waals surface area contributed by atoms with Crippen LogP contribution in [0.4, 0.5) is 11.8 Å². The average Bonchev–Trinajstić information content (AvgIpc) is 2.63. The van der Waals surface area contributed by atoms with E-state index in [9.17, 15) is 0 Å². The van der Waals surface area contributed by atoms with Crippen molar-refractivity contribution >= 4 is 23.4 Å². The lowest BCUT2D eigenvalue weighted by atomic mass is 10.0. The Kier molecular flexibility index (Phi) is 5.48. The van der Waals surface area contributed by atoms with Gasteiger partial charge in [-0.25, -0.2) is 4.98 Å². The van der Waals surface area contributed by atoms with Gasteiger partial charge in [-0.3, -0.25) is 0 Å². The summed E-state index contributed by atoms with van der Waals surface area (Å²) in [6.07, 6.45) is 0.857. The van der Waals surface area contributed by atoms with Gasteiger partial charge in [0.2, 0.25) is 5.95 Å². The first-order chi connectivity index (χ1) is 12.2. The molecule has 0 saturated heterocycles. The topological polar surface area (TPSA) is 89.8 Å². The third-order valence-electron chi connectivity index (χ3n) is 3.89. The van der Waals surface area contributed by atoms with Gasteiger partial charge in [-0.05, 0) is 29.7 Å². The molecule has 0 unspecified atom stereocenters. The molecule has 5 nitrogen and oxygen atoms in total. The third kappa shape index (κ3) is 4.47. The van der Waals surface area contributed by atoms with E-state index in [1.807, 2.05) is 54.6 Å². The molecule has 5 N–H and O–H groups in total. The van der Waals surface area contributed by atoms with Crippen LogP contribution in [0.3, 0.4) is 0 Å². The smallest absolute Gasteiger partial charge is 0.222 e. The second-order valence-electron chi connectivity index (χ2n) is 5.66. The molecule has 0 bridgehead atoms. The molecule has 128 valence electrons. The Balaban J connectivity index is 1.74. The van der Waals surface area contributed by atoms with Crippen LogP contribution in [0, 0.1) is 0 Å². The van der Waals surface area contributed by atoms with E-state index in [0.29, 0.717) is 12.4 Å². The second-order valence-corrected chi connectivity index (χ2v) is 6.10. The summed E-state index contributed by atoms with van der Waals surface area (Å²) in [5.74, 6) is 0.932. The number of nitrogens with zero attached hydrogens (tertiary/aromatic N) is 2. The van der Waals surface area contributed by atoms with Crippen LogP contribution in [0.1, 0.15) is 11.1 Å². The molecule has 1 heterocycles. The number of rotatable bonds is 6. The maximum Gasteiger partial charge on any atom is 0.222 e. The molecule has 2 aromatic carbocycles. The maximum absolute atomic E-state index is 5.90. The first kappa shape index (κ1) is 17.2. The van der Waals surface area contributed by atoms with Gasteiger partial charge < -0.3 is 16.8 Å². The molecule has 0 fully saturated rings. The van der Waals surface area contributed by atoms with Crippen LogP contribution in [0.25, 0.3) is 11.3 Å². The van der Waals surface area contributed by atoms with E-state index < -0.39 is 0 Å². The van der Waals surface area contributed by atoms with Crippen molar-refractivity contribution in [3.8, 4) is 11.3 Å². The quantitative estimate of drug-likeness (QED) is 0.631. The number of aromatic nitrogens is 2. The largest absolute Gasteiger partial charge is 0.370 e. The van der Waals surface area contributed by atoms with Gasteiger partial charge >= 0.3 is 0 Å². The lowest BCUT2D eigenvalue weighted by molar-refractivity contribution is 1.00. The number of hydrogen-bond donors (Lipinski definition) is 3. The van der Waals surface area contributed by atoms with E-state index in [4.69, 9.17) is 23.1 Å². The molecule has 0 aliphatic heterocycles. The standard InChI is InChI=1S/C19H20ClN5/c20-15-7-5-13(6-8-15)9-10-23-18-11-17(24-19(22)25-18)16-4-2-1-3-14(16)12-21/h1-8,11H,9-10,12,21H2,(H3,22,23,24,25). The first-order valence-electron chi connectivity index (χ1n) is 8.07. The second kappa shape index (κ2) is 7.96. The molecule has 25 heavy (non-hydrogen) atoms. The minimum absolute atomic E-state index is 0.235. The van der Waals surface area contributed by atoms with Crippen molar-refractivity contribution in [3.05, 3.63) is 70.7 Å². The molecular weight excluding hydrogens is 334 g/mol. The fourth-order valence-electron chi connectivity index (χ4n) is 2.63. The molecule has 0 spiro atoms. The highest BCUT2D eigenvalue weighted by atomic mass is 35.5. The van der Waals surface area contributed by atoms with E-state index in [1.54, 1.807) is 0 Å². The highest BCUT2D eigenvalue weighted by molar-refractivity contribution is 6.30. The summed E-state index contributed by atoms with van der Waals surface area (Å²) in [6.45, 7) is 1.18. The summed E-state index contributed by atoms with van der Waals surface area (Å²) in [4.78, 5) is 8.61. The number of anilines is 2.